The maximum Gasteiger partial charge on any atom is 0.243 e. The number of piperidine rings is 1. The summed E-state index contributed by atoms with van der Waals surface area (Å²) in [6.45, 7) is 4.55. The number of carbonyl (C=O) groups is 1. The van der Waals surface area contributed by atoms with Crippen LogP contribution in [0.3, 0.4) is 0 Å². The van der Waals surface area contributed by atoms with Crippen LogP contribution in [0, 0.1) is 12.3 Å². The molecule has 3 aliphatic rings. The third-order valence-corrected chi connectivity index (χ3v) is 7.48. The maximum absolute atomic E-state index is 13.4. The van der Waals surface area contributed by atoms with E-state index < -0.39 is 0 Å². The lowest BCUT2D eigenvalue weighted by molar-refractivity contribution is -0.136. The number of likely N-dealkylation sites (tertiary alicyclic amines) is 2. The van der Waals surface area contributed by atoms with Gasteiger partial charge >= 0.3 is 0 Å². The molecule has 7 heteroatoms. The number of hydrogen-bond donors (Lipinski definition) is 0. The summed E-state index contributed by atoms with van der Waals surface area (Å²) >= 11 is 0. The zero-order valence-electron chi connectivity index (χ0n) is 18.1. The Kier molecular flexibility index (Phi) is 4.61. The Morgan fingerprint density at radius 1 is 1.17 bits per heavy atom. The third kappa shape index (κ3) is 3.20. The van der Waals surface area contributed by atoms with E-state index in [1.54, 1.807) is 7.11 Å². The van der Waals surface area contributed by atoms with Crippen LogP contribution in [0.25, 0.3) is 0 Å². The van der Waals surface area contributed by atoms with E-state index in [9.17, 15) is 4.79 Å². The van der Waals surface area contributed by atoms with Gasteiger partial charge in [-0.2, -0.15) is 4.98 Å². The highest BCUT2D eigenvalue weighted by Crippen LogP contribution is 2.52. The molecule has 1 unspecified atom stereocenters. The molecule has 1 saturated carbocycles. The van der Waals surface area contributed by atoms with Crippen LogP contribution >= 0.6 is 0 Å². The second kappa shape index (κ2) is 7.08. The Morgan fingerprint density at radius 2 is 1.87 bits per heavy atom. The van der Waals surface area contributed by atoms with E-state index in [0.29, 0.717) is 11.7 Å². The first kappa shape index (κ1) is 19.5. The summed E-state index contributed by atoms with van der Waals surface area (Å²) in [6, 6.07) is 8.21. The van der Waals surface area contributed by atoms with Crippen LogP contribution in [0.4, 0.5) is 0 Å². The molecule has 0 bridgehead atoms. The minimum Gasteiger partial charge on any atom is -0.497 e. The molecule has 1 spiro atoms. The first-order valence-electron chi connectivity index (χ1n) is 10.9. The monoisotopic (exact) mass is 410 g/mol. The first-order valence-corrected chi connectivity index (χ1v) is 10.9. The average molecular weight is 411 g/mol. The molecule has 1 atom stereocenters. The summed E-state index contributed by atoms with van der Waals surface area (Å²) in [5, 5.41) is 3.96. The van der Waals surface area contributed by atoms with Gasteiger partial charge in [0.25, 0.3) is 0 Å². The predicted octanol–water partition coefficient (Wildman–Crippen LogP) is 3.10. The lowest BCUT2D eigenvalue weighted by Crippen LogP contribution is -2.47. The largest absolute Gasteiger partial charge is 0.497 e. The van der Waals surface area contributed by atoms with Gasteiger partial charge < -0.3 is 14.2 Å². The Morgan fingerprint density at radius 3 is 2.43 bits per heavy atom. The molecule has 160 valence electrons. The second-order valence-corrected chi connectivity index (χ2v) is 9.42. The molecule has 2 aromatic rings. The van der Waals surface area contributed by atoms with Gasteiger partial charge in [0.1, 0.15) is 5.75 Å². The Hall–Kier alpha value is -2.41. The standard InChI is InChI=1S/C23H30N4O3/c1-16-24-20(30-25-16)19-14-22(15-26(19)2)10-12-27(13-11-22)21(28)23(8-9-23)17-4-6-18(29-3)7-5-17/h4-7,19H,8-15H2,1-3H3. The van der Waals surface area contributed by atoms with Crippen molar-refractivity contribution < 1.29 is 14.1 Å². The summed E-state index contributed by atoms with van der Waals surface area (Å²) in [7, 11) is 3.81. The number of aromatic nitrogens is 2. The van der Waals surface area contributed by atoms with Gasteiger partial charge in [-0.3, -0.25) is 9.69 Å². The molecule has 0 N–H and O–H groups in total. The number of amides is 1. The summed E-state index contributed by atoms with van der Waals surface area (Å²) in [5.41, 5.74) is 1.05. The lowest BCUT2D eigenvalue weighted by Gasteiger charge is -2.40. The van der Waals surface area contributed by atoms with Crippen LogP contribution < -0.4 is 4.74 Å². The molecule has 2 aliphatic heterocycles. The Balaban J connectivity index is 1.25. The summed E-state index contributed by atoms with van der Waals surface area (Å²) in [4.78, 5) is 22.3. The number of methoxy groups -OCH3 is 1. The summed E-state index contributed by atoms with van der Waals surface area (Å²) in [5.74, 6) is 2.55. The molecule has 1 amide bonds. The smallest absolute Gasteiger partial charge is 0.243 e. The van der Waals surface area contributed by atoms with Gasteiger partial charge in [0.05, 0.1) is 18.6 Å². The fourth-order valence-electron chi connectivity index (χ4n) is 5.50. The normalized spacial score (nSPS) is 24.9. The topological polar surface area (TPSA) is 71.7 Å². The number of nitrogens with zero attached hydrogens (tertiary/aromatic N) is 4. The third-order valence-electron chi connectivity index (χ3n) is 7.48. The van der Waals surface area contributed by atoms with Gasteiger partial charge in [-0.1, -0.05) is 17.3 Å². The molecule has 3 fully saturated rings. The van der Waals surface area contributed by atoms with Crippen molar-refractivity contribution in [2.45, 2.75) is 50.5 Å². The Bertz CT molecular complexity index is 926. The van der Waals surface area contributed by atoms with Crippen molar-refractivity contribution in [2.24, 2.45) is 5.41 Å². The Labute approximate surface area is 177 Å². The average Bonchev–Trinajstić information content (AvgIpc) is 3.37. The number of aryl methyl sites for hydroxylation is 1. The van der Waals surface area contributed by atoms with E-state index in [1.165, 1.54) is 0 Å². The zero-order chi connectivity index (χ0) is 20.9. The minimum atomic E-state index is -0.312. The molecule has 5 rings (SSSR count). The number of rotatable bonds is 4. The molecular formula is C23H30N4O3. The van der Waals surface area contributed by atoms with Gasteiger partial charge in [0.2, 0.25) is 11.8 Å². The van der Waals surface area contributed by atoms with Gasteiger partial charge in [0, 0.05) is 19.6 Å². The molecule has 1 aliphatic carbocycles. The number of carbonyl (C=O) groups excluding carboxylic acids is 1. The predicted molar refractivity (Wildman–Crippen MR) is 111 cm³/mol. The van der Waals surface area contributed by atoms with Crippen molar-refractivity contribution >= 4 is 5.91 Å². The van der Waals surface area contributed by atoms with Crippen molar-refractivity contribution in [2.75, 3.05) is 33.8 Å². The molecule has 1 aromatic heterocycles. The number of benzene rings is 1. The van der Waals surface area contributed by atoms with Crippen molar-refractivity contribution in [1.82, 2.24) is 19.9 Å². The SMILES string of the molecule is COc1ccc(C2(C(=O)N3CCC4(CC3)CC(c3nc(C)no3)N(C)C4)CC2)cc1. The molecular weight excluding hydrogens is 380 g/mol. The van der Waals surface area contributed by atoms with Crippen LogP contribution in [0.2, 0.25) is 0 Å². The minimum absolute atomic E-state index is 0.183. The highest BCUT2D eigenvalue weighted by atomic mass is 16.5. The van der Waals surface area contributed by atoms with Crippen LogP contribution in [-0.2, 0) is 10.2 Å². The summed E-state index contributed by atoms with van der Waals surface area (Å²) in [6.07, 6.45) is 4.98. The molecule has 30 heavy (non-hydrogen) atoms. The first-order chi connectivity index (χ1) is 14.4. The van der Waals surface area contributed by atoms with Crippen LogP contribution in [0.15, 0.2) is 28.8 Å². The van der Waals surface area contributed by atoms with Crippen LogP contribution in [0.5, 0.6) is 5.75 Å². The fraction of sp³-hybridized carbons (Fsp3) is 0.609. The number of hydrogen-bond acceptors (Lipinski definition) is 6. The highest BCUT2D eigenvalue weighted by molar-refractivity contribution is 5.91. The van der Waals surface area contributed by atoms with E-state index in [4.69, 9.17) is 9.26 Å². The van der Waals surface area contributed by atoms with E-state index in [-0.39, 0.29) is 16.9 Å². The van der Waals surface area contributed by atoms with Crippen molar-refractivity contribution in [3.8, 4) is 5.75 Å². The van der Waals surface area contributed by atoms with E-state index in [0.717, 1.165) is 68.9 Å². The van der Waals surface area contributed by atoms with Crippen molar-refractivity contribution in [3.63, 3.8) is 0 Å². The number of ether oxygens (including phenoxy) is 1. The molecule has 2 saturated heterocycles. The quantitative estimate of drug-likeness (QED) is 0.771. The second-order valence-electron chi connectivity index (χ2n) is 9.42. The van der Waals surface area contributed by atoms with Gasteiger partial charge in [0.15, 0.2) is 5.82 Å². The molecule has 1 aromatic carbocycles. The molecule has 0 radical (unpaired) electrons. The highest BCUT2D eigenvalue weighted by Gasteiger charge is 2.54. The van der Waals surface area contributed by atoms with Crippen LogP contribution in [-0.4, -0.2) is 59.6 Å². The van der Waals surface area contributed by atoms with E-state index in [2.05, 4.69) is 39.1 Å². The van der Waals surface area contributed by atoms with Crippen molar-refractivity contribution in [1.29, 1.82) is 0 Å². The molecule has 3 heterocycles. The summed E-state index contributed by atoms with van der Waals surface area (Å²) < 4.78 is 10.7. The van der Waals surface area contributed by atoms with Crippen molar-refractivity contribution in [3.05, 3.63) is 41.5 Å². The van der Waals surface area contributed by atoms with Gasteiger partial charge in [-0.05, 0) is 69.2 Å². The van der Waals surface area contributed by atoms with E-state index in [1.807, 2.05) is 19.1 Å². The van der Waals surface area contributed by atoms with Gasteiger partial charge in [-0.15, -0.1) is 0 Å². The molecule has 7 nitrogen and oxygen atoms in total. The maximum atomic E-state index is 13.4. The van der Waals surface area contributed by atoms with E-state index >= 15 is 0 Å². The van der Waals surface area contributed by atoms with Gasteiger partial charge in [-0.25, -0.2) is 0 Å². The fourth-order valence-corrected chi connectivity index (χ4v) is 5.50. The lowest BCUT2D eigenvalue weighted by atomic mass is 9.76. The van der Waals surface area contributed by atoms with Crippen LogP contribution in [0.1, 0.15) is 55.4 Å². The zero-order valence-corrected chi connectivity index (χ0v) is 18.1.